The number of hydrogen-bond donors (Lipinski definition) is 2. The molecule has 3 atom stereocenters. The monoisotopic (exact) mass is 544 g/mol. The van der Waals surface area contributed by atoms with Crippen LogP contribution in [0.2, 0.25) is 0 Å². The zero-order chi connectivity index (χ0) is 28.4. The molecular weight excluding hydrogens is 508 g/mol. The molecule has 0 spiro atoms. The summed E-state index contributed by atoms with van der Waals surface area (Å²) in [4.78, 5) is 28.4. The molecule has 2 aliphatic rings. The largest absolute Gasteiger partial charge is 0.497 e. The summed E-state index contributed by atoms with van der Waals surface area (Å²) in [5, 5.41) is 13.7. The quantitative estimate of drug-likeness (QED) is 0.375. The second-order valence-corrected chi connectivity index (χ2v) is 10.4. The number of nitrogens with one attached hydrogen (secondary N) is 1. The van der Waals surface area contributed by atoms with Gasteiger partial charge in [0, 0.05) is 24.2 Å². The van der Waals surface area contributed by atoms with E-state index < -0.39 is 17.9 Å². The zero-order valence-corrected chi connectivity index (χ0v) is 23.4. The Balaban J connectivity index is 1.49. The van der Waals surface area contributed by atoms with E-state index in [1.54, 1.807) is 7.11 Å². The van der Waals surface area contributed by atoms with Crippen LogP contribution in [-0.4, -0.2) is 48.9 Å². The van der Waals surface area contributed by atoms with Gasteiger partial charge in [0.2, 0.25) is 12.7 Å². The number of anilines is 1. The number of fused-ring (bicyclic) bond motifs is 1. The number of likely N-dealkylation sites (tertiary alicyclic amines) is 1. The highest BCUT2D eigenvalue weighted by Gasteiger charge is 2.48. The lowest BCUT2D eigenvalue weighted by atomic mass is 9.82. The number of methoxy groups -OCH3 is 1. The fourth-order valence-corrected chi connectivity index (χ4v) is 6.10. The Kier molecular flexibility index (Phi) is 7.98. The Morgan fingerprint density at radius 3 is 2.25 bits per heavy atom. The molecule has 5 rings (SSSR count). The van der Waals surface area contributed by atoms with Gasteiger partial charge in [-0.1, -0.05) is 49.7 Å². The van der Waals surface area contributed by atoms with E-state index in [1.807, 2.05) is 47.4 Å². The first-order valence-electron chi connectivity index (χ1n) is 13.8. The molecule has 0 aliphatic carbocycles. The Labute approximate surface area is 234 Å². The van der Waals surface area contributed by atoms with E-state index in [1.165, 1.54) is 5.56 Å². The number of amides is 1. The summed E-state index contributed by atoms with van der Waals surface area (Å²) in [5.41, 5.74) is 5.89. The van der Waals surface area contributed by atoms with Gasteiger partial charge in [0.05, 0.1) is 19.6 Å². The van der Waals surface area contributed by atoms with Crippen molar-refractivity contribution in [1.29, 1.82) is 0 Å². The standard InChI is InChI=1S/C32H36N2O6/c1-5-20-13-19(3)14-21(6-2)30(20)33-28(35)17-34-16-25(23-9-12-26-27(15-23)40-18-39-26)29(32(36)37)31(34)22-7-10-24(38-4)11-8-22/h7-15,25,29,31H,5-6,16-18H2,1-4H3,(H,33,35)(H,36,37)/t25-,29-,31+/m0/s1. The van der Waals surface area contributed by atoms with Gasteiger partial charge in [-0.05, 0) is 66.3 Å². The van der Waals surface area contributed by atoms with Gasteiger partial charge in [-0.25, -0.2) is 0 Å². The van der Waals surface area contributed by atoms with Gasteiger partial charge >= 0.3 is 5.97 Å². The van der Waals surface area contributed by atoms with Crippen molar-refractivity contribution in [2.75, 3.05) is 32.3 Å². The first-order chi connectivity index (χ1) is 19.3. The predicted molar refractivity (Wildman–Crippen MR) is 152 cm³/mol. The molecule has 2 N–H and O–H groups in total. The van der Waals surface area contributed by atoms with E-state index in [0.717, 1.165) is 40.8 Å². The number of carbonyl (C=O) groups is 2. The molecule has 1 amide bonds. The molecule has 2 aliphatic heterocycles. The number of rotatable bonds is 9. The molecule has 8 nitrogen and oxygen atoms in total. The average molecular weight is 545 g/mol. The minimum absolute atomic E-state index is 0.0573. The van der Waals surface area contributed by atoms with Crippen LogP contribution in [0.4, 0.5) is 5.69 Å². The first-order valence-corrected chi connectivity index (χ1v) is 13.8. The number of carboxylic acid groups (broad SMARTS) is 1. The summed E-state index contributed by atoms with van der Waals surface area (Å²) in [6.45, 7) is 6.83. The van der Waals surface area contributed by atoms with Crippen molar-refractivity contribution in [3.63, 3.8) is 0 Å². The van der Waals surface area contributed by atoms with Crippen molar-refractivity contribution in [3.05, 3.63) is 82.4 Å². The number of nitrogens with zero attached hydrogens (tertiary/aromatic N) is 1. The minimum atomic E-state index is -0.911. The second kappa shape index (κ2) is 11.6. The Bertz CT molecular complexity index is 1380. The van der Waals surface area contributed by atoms with E-state index in [2.05, 4.69) is 38.2 Å². The van der Waals surface area contributed by atoms with Gasteiger partial charge in [0.1, 0.15) is 5.75 Å². The van der Waals surface area contributed by atoms with E-state index in [9.17, 15) is 14.7 Å². The summed E-state index contributed by atoms with van der Waals surface area (Å²) >= 11 is 0. The molecule has 210 valence electrons. The average Bonchev–Trinajstić information content (AvgIpc) is 3.58. The van der Waals surface area contributed by atoms with E-state index in [4.69, 9.17) is 14.2 Å². The van der Waals surface area contributed by atoms with Gasteiger partial charge in [0.15, 0.2) is 11.5 Å². The smallest absolute Gasteiger partial charge is 0.309 e. The van der Waals surface area contributed by atoms with Crippen LogP contribution in [-0.2, 0) is 22.4 Å². The van der Waals surface area contributed by atoms with Crippen molar-refractivity contribution in [2.24, 2.45) is 5.92 Å². The SMILES string of the molecule is CCc1cc(C)cc(CC)c1NC(=O)CN1C[C@@H](c2ccc3c(c2)OCO3)[C@H](C(=O)O)[C@H]1c1ccc(OC)cc1. The van der Waals surface area contributed by atoms with Crippen molar-refractivity contribution >= 4 is 17.6 Å². The lowest BCUT2D eigenvalue weighted by Crippen LogP contribution is -2.35. The fraction of sp³-hybridized carbons (Fsp3) is 0.375. The van der Waals surface area contributed by atoms with Gasteiger partial charge in [0.25, 0.3) is 0 Å². The van der Waals surface area contributed by atoms with Gasteiger partial charge in [-0.3, -0.25) is 14.5 Å². The lowest BCUT2D eigenvalue weighted by Gasteiger charge is -2.27. The molecule has 3 aromatic carbocycles. The van der Waals surface area contributed by atoms with Crippen LogP contribution in [0.3, 0.4) is 0 Å². The molecule has 0 unspecified atom stereocenters. The van der Waals surface area contributed by atoms with Crippen molar-refractivity contribution in [3.8, 4) is 17.2 Å². The van der Waals surface area contributed by atoms with Crippen molar-refractivity contribution in [2.45, 2.75) is 45.6 Å². The topological polar surface area (TPSA) is 97.3 Å². The number of carbonyl (C=O) groups excluding carboxylic acids is 1. The van der Waals surface area contributed by atoms with Crippen LogP contribution >= 0.6 is 0 Å². The van der Waals surface area contributed by atoms with Crippen LogP contribution in [0.5, 0.6) is 17.2 Å². The van der Waals surface area contributed by atoms with Crippen LogP contribution < -0.4 is 19.5 Å². The normalized spacial score (nSPS) is 19.9. The summed E-state index contributed by atoms with van der Waals surface area (Å²) in [6, 6.07) is 16.7. The number of hydrogen-bond acceptors (Lipinski definition) is 6. The molecule has 3 aromatic rings. The molecule has 0 saturated carbocycles. The molecule has 0 aromatic heterocycles. The third-order valence-electron chi connectivity index (χ3n) is 7.98. The number of aliphatic carboxylic acids is 1. The molecule has 1 saturated heterocycles. The fourth-order valence-electron chi connectivity index (χ4n) is 6.10. The zero-order valence-electron chi connectivity index (χ0n) is 23.4. The van der Waals surface area contributed by atoms with Gasteiger partial charge in [-0.15, -0.1) is 0 Å². The molecular formula is C32H36N2O6. The molecule has 0 bridgehead atoms. The number of carboxylic acids is 1. The van der Waals surface area contributed by atoms with Crippen LogP contribution in [0.25, 0.3) is 0 Å². The van der Waals surface area contributed by atoms with Gasteiger partial charge in [-0.2, -0.15) is 0 Å². The van der Waals surface area contributed by atoms with Crippen LogP contribution in [0.15, 0.2) is 54.6 Å². The molecule has 8 heteroatoms. The highest BCUT2D eigenvalue weighted by molar-refractivity contribution is 5.94. The first kappa shape index (κ1) is 27.5. The number of aryl methyl sites for hydroxylation is 3. The highest BCUT2D eigenvalue weighted by Crippen LogP contribution is 2.47. The second-order valence-electron chi connectivity index (χ2n) is 10.4. The Morgan fingerprint density at radius 1 is 0.975 bits per heavy atom. The highest BCUT2D eigenvalue weighted by atomic mass is 16.7. The Morgan fingerprint density at radius 2 is 1.62 bits per heavy atom. The van der Waals surface area contributed by atoms with E-state index in [0.29, 0.717) is 23.8 Å². The summed E-state index contributed by atoms with van der Waals surface area (Å²) < 4.78 is 16.4. The Hall–Kier alpha value is -4.04. The number of ether oxygens (including phenoxy) is 3. The maximum atomic E-state index is 13.6. The summed E-state index contributed by atoms with van der Waals surface area (Å²) in [5.74, 6) is -0.273. The molecule has 1 fully saturated rings. The molecule has 40 heavy (non-hydrogen) atoms. The lowest BCUT2D eigenvalue weighted by molar-refractivity contribution is -0.143. The summed E-state index contributed by atoms with van der Waals surface area (Å²) in [6.07, 6.45) is 1.60. The molecule has 2 heterocycles. The van der Waals surface area contributed by atoms with E-state index >= 15 is 0 Å². The maximum Gasteiger partial charge on any atom is 0.309 e. The maximum absolute atomic E-state index is 13.6. The predicted octanol–water partition coefficient (Wildman–Crippen LogP) is 5.34. The van der Waals surface area contributed by atoms with Gasteiger partial charge < -0.3 is 24.6 Å². The summed E-state index contributed by atoms with van der Waals surface area (Å²) in [7, 11) is 1.59. The molecule has 0 radical (unpaired) electrons. The van der Waals surface area contributed by atoms with Crippen molar-refractivity contribution in [1.82, 2.24) is 4.90 Å². The third-order valence-corrected chi connectivity index (χ3v) is 7.98. The van der Waals surface area contributed by atoms with E-state index in [-0.39, 0.29) is 25.2 Å². The minimum Gasteiger partial charge on any atom is -0.497 e. The van der Waals surface area contributed by atoms with Crippen molar-refractivity contribution < 1.29 is 28.9 Å². The van der Waals surface area contributed by atoms with Crippen LogP contribution in [0, 0.1) is 12.8 Å². The third kappa shape index (κ3) is 5.36. The number of benzene rings is 3. The van der Waals surface area contributed by atoms with Crippen LogP contribution in [0.1, 0.15) is 53.6 Å².